The quantitative estimate of drug-likeness (QED) is 0.781. The second-order valence-corrected chi connectivity index (χ2v) is 5.64. The van der Waals surface area contributed by atoms with E-state index in [1.54, 1.807) is 25.5 Å². The Kier molecular flexibility index (Phi) is 3.82. The maximum absolute atomic E-state index is 11.8. The van der Waals surface area contributed by atoms with Crippen LogP contribution in [0.4, 0.5) is 11.5 Å². The summed E-state index contributed by atoms with van der Waals surface area (Å²) >= 11 is 5.53. The Morgan fingerprint density at radius 3 is 2.88 bits per heavy atom. The topological polar surface area (TPSA) is 46.9 Å². The zero-order chi connectivity index (χ0) is 12.4. The Morgan fingerprint density at radius 1 is 1.47 bits per heavy atom. The second kappa shape index (κ2) is 5.18. The van der Waals surface area contributed by atoms with E-state index in [0.717, 1.165) is 8.04 Å². The van der Waals surface area contributed by atoms with E-state index in [4.69, 9.17) is 0 Å². The minimum atomic E-state index is -0.0893. The highest BCUT2D eigenvalue weighted by atomic mass is 127. The van der Waals surface area contributed by atoms with E-state index in [9.17, 15) is 4.79 Å². The molecule has 0 aromatic carbocycles. The van der Waals surface area contributed by atoms with Crippen molar-refractivity contribution in [1.82, 2.24) is 9.55 Å². The summed E-state index contributed by atoms with van der Waals surface area (Å²) in [5, 5.41) is 3.00. The molecule has 0 bridgehead atoms. The van der Waals surface area contributed by atoms with Gasteiger partial charge in [-0.25, -0.2) is 4.98 Å². The molecule has 0 aliphatic rings. The average Bonchev–Trinajstić information content (AvgIpc) is 2.28. The number of aryl methyl sites for hydroxylation is 1. The van der Waals surface area contributed by atoms with E-state index in [0.29, 0.717) is 11.5 Å². The molecule has 0 fully saturated rings. The minimum Gasteiger partial charge on any atom is -0.336 e. The van der Waals surface area contributed by atoms with Gasteiger partial charge in [0.15, 0.2) is 0 Å². The van der Waals surface area contributed by atoms with Gasteiger partial charge in [-0.15, -0.1) is 0 Å². The average molecular weight is 406 g/mol. The molecule has 2 aromatic rings. The Bertz CT molecular complexity index is 595. The summed E-state index contributed by atoms with van der Waals surface area (Å²) in [6.45, 7) is 0. The zero-order valence-corrected chi connectivity index (χ0v) is 12.7. The summed E-state index contributed by atoms with van der Waals surface area (Å²) in [6.07, 6.45) is 3.46. The monoisotopic (exact) mass is 405 g/mol. The summed E-state index contributed by atoms with van der Waals surface area (Å²) in [5.41, 5.74) is 0.407. The standard InChI is InChI=1S/C11H9BrIN3O/c1-16-6-7(12)4-9(11(16)17)15-10-3-2-8(13)5-14-10/h2-6H,1H3,(H,14,15). The lowest BCUT2D eigenvalue weighted by Crippen LogP contribution is -2.19. The maximum atomic E-state index is 11.8. The molecule has 17 heavy (non-hydrogen) atoms. The smallest absolute Gasteiger partial charge is 0.274 e. The van der Waals surface area contributed by atoms with Crippen LogP contribution in [0.5, 0.6) is 0 Å². The first-order valence-corrected chi connectivity index (χ1v) is 6.68. The molecule has 1 N–H and O–H groups in total. The molecule has 0 aliphatic heterocycles. The van der Waals surface area contributed by atoms with Crippen LogP contribution in [0.15, 0.2) is 39.9 Å². The third-order valence-corrected chi connectivity index (χ3v) is 3.21. The third-order valence-electron chi connectivity index (χ3n) is 2.14. The highest BCUT2D eigenvalue weighted by molar-refractivity contribution is 14.1. The van der Waals surface area contributed by atoms with Crippen LogP contribution in [0.1, 0.15) is 0 Å². The van der Waals surface area contributed by atoms with Gasteiger partial charge in [-0.05, 0) is 56.7 Å². The third kappa shape index (κ3) is 3.06. The van der Waals surface area contributed by atoms with Crippen LogP contribution in [0.2, 0.25) is 0 Å². The van der Waals surface area contributed by atoms with Crippen molar-refractivity contribution in [3.63, 3.8) is 0 Å². The number of pyridine rings is 2. The molecule has 0 atom stereocenters. The molecule has 0 aliphatic carbocycles. The fourth-order valence-corrected chi connectivity index (χ4v) is 2.20. The maximum Gasteiger partial charge on any atom is 0.274 e. The molecule has 6 heteroatoms. The largest absolute Gasteiger partial charge is 0.336 e. The van der Waals surface area contributed by atoms with Crippen molar-refractivity contribution < 1.29 is 0 Å². The van der Waals surface area contributed by atoms with E-state index >= 15 is 0 Å². The van der Waals surface area contributed by atoms with Gasteiger partial charge in [-0.2, -0.15) is 0 Å². The van der Waals surface area contributed by atoms with Crippen LogP contribution in [0.25, 0.3) is 0 Å². The molecule has 2 rings (SSSR count). The van der Waals surface area contributed by atoms with Gasteiger partial charge in [0.25, 0.3) is 5.56 Å². The molecule has 4 nitrogen and oxygen atoms in total. The number of hydrogen-bond donors (Lipinski definition) is 1. The molecule has 0 amide bonds. The van der Waals surface area contributed by atoms with Gasteiger partial charge >= 0.3 is 0 Å². The number of nitrogens with zero attached hydrogens (tertiary/aromatic N) is 2. The van der Waals surface area contributed by atoms with Crippen LogP contribution >= 0.6 is 38.5 Å². The van der Waals surface area contributed by atoms with Gasteiger partial charge in [0, 0.05) is 27.5 Å². The van der Waals surface area contributed by atoms with Gasteiger partial charge in [0.2, 0.25) is 0 Å². The first kappa shape index (κ1) is 12.6. The molecule has 0 spiro atoms. The predicted octanol–water partition coefficient (Wildman–Crippen LogP) is 2.89. The number of rotatable bonds is 2. The molecule has 0 radical (unpaired) electrons. The Morgan fingerprint density at radius 2 is 2.24 bits per heavy atom. The van der Waals surface area contributed by atoms with Crippen molar-refractivity contribution in [3.8, 4) is 0 Å². The molecule has 0 saturated heterocycles. The lowest BCUT2D eigenvalue weighted by Gasteiger charge is -2.07. The summed E-state index contributed by atoms with van der Waals surface area (Å²) in [5.74, 6) is 0.653. The van der Waals surface area contributed by atoms with Crippen molar-refractivity contribution in [2.75, 3.05) is 5.32 Å². The molecule has 2 heterocycles. The number of nitrogens with one attached hydrogen (secondary N) is 1. The van der Waals surface area contributed by atoms with Crippen LogP contribution in [-0.4, -0.2) is 9.55 Å². The molecule has 0 saturated carbocycles. The summed E-state index contributed by atoms with van der Waals surface area (Å²) in [7, 11) is 1.71. The van der Waals surface area contributed by atoms with Gasteiger partial charge in [0.1, 0.15) is 11.5 Å². The number of hydrogen-bond acceptors (Lipinski definition) is 3. The first-order valence-electron chi connectivity index (χ1n) is 4.81. The fourth-order valence-electron chi connectivity index (χ4n) is 1.35. The van der Waals surface area contributed by atoms with Gasteiger partial charge in [0.05, 0.1) is 0 Å². The van der Waals surface area contributed by atoms with Crippen molar-refractivity contribution >= 4 is 50.0 Å². The Hall–Kier alpha value is -0.890. The Balaban J connectivity index is 2.36. The fraction of sp³-hybridized carbons (Fsp3) is 0.0909. The first-order chi connectivity index (χ1) is 8.06. The van der Waals surface area contributed by atoms with Crippen molar-refractivity contribution in [2.24, 2.45) is 7.05 Å². The molecule has 88 valence electrons. The summed E-state index contributed by atoms with van der Waals surface area (Å²) in [6, 6.07) is 5.50. The van der Waals surface area contributed by atoms with Crippen LogP contribution in [0.3, 0.4) is 0 Å². The lowest BCUT2D eigenvalue weighted by atomic mass is 10.4. The van der Waals surface area contributed by atoms with E-state index in [-0.39, 0.29) is 5.56 Å². The number of halogens is 2. The van der Waals surface area contributed by atoms with Crippen LogP contribution in [-0.2, 0) is 7.05 Å². The van der Waals surface area contributed by atoms with Gasteiger partial charge in [-0.3, -0.25) is 4.79 Å². The van der Waals surface area contributed by atoms with E-state index in [1.807, 2.05) is 12.1 Å². The molecular weight excluding hydrogens is 397 g/mol. The predicted molar refractivity (Wildman–Crippen MR) is 79.6 cm³/mol. The zero-order valence-electron chi connectivity index (χ0n) is 8.95. The SMILES string of the molecule is Cn1cc(Br)cc(Nc2ccc(I)cn2)c1=O. The van der Waals surface area contributed by atoms with Crippen LogP contribution < -0.4 is 10.9 Å². The highest BCUT2D eigenvalue weighted by Gasteiger charge is 2.04. The normalized spacial score (nSPS) is 10.3. The number of aromatic nitrogens is 2. The number of anilines is 2. The van der Waals surface area contributed by atoms with E-state index in [1.165, 1.54) is 4.57 Å². The van der Waals surface area contributed by atoms with Crippen molar-refractivity contribution in [2.45, 2.75) is 0 Å². The van der Waals surface area contributed by atoms with Crippen molar-refractivity contribution in [3.05, 3.63) is 49.0 Å². The van der Waals surface area contributed by atoms with Crippen LogP contribution in [0, 0.1) is 3.57 Å². The highest BCUT2D eigenvalue weighted by Crippen LogP contribution is 2.16. The Labute approximate surface area is 120 Å². The summed E-state index contributed by atoms with van der Waals surface area (Å²) in [4.78, 5) is 16.0. The molecule has 2 aromatic heterocycles. The lowest BCUT2D eigenvalue weighted by molar-refractivity contribution is 0.858. The molecule has 0 unspecified atom stereocenters. The molecular formula is C11H9BrIN3O. The van der Waals surface area contributed by atoms with E-state index in [2.05, 4.69) is 48.8 Å². The van der Waals surface area contributed by atoms with E-state index < -0.39 is 0 Å². The van der Waals surface area contributed by atoms with Gasteiger partial charge in [-0.1, -0.05) is 0 Å². The van der Waals surface area contributed by atoms with Gasteiger partial charge < -0.3 is 9.88 Å². The minimum absolute atomic E-state index is 0.0893. The summed E-state index contributed by atoms with van der Waals surface area (Å²) < 4.78 is 3.40. The van der Waals surface area contributed by atoms with Crippen molar-refractivity contribution in [1.29, 1.82) is 0 Å². The second-order valence-electron chi connectivity index (χ2n) is 3.47.